The Bertz CT molecular complexity index is 1750. The smallest absolute Gasteiger partial charge is 0.268 e. The van der Waals surface area contributed by atoms with Gasteiger partial charge in [-0.15, -0.1) is 0 Å². The van der Waals surface area contributed by atoms with Crippen LogP contribution in [0.2, 0.25) is 0 Å². The van der Waals surface area contributed by atoms with Gasteiger partial charge >= 0.3 is 0 Å². The summed E-state index contributed by atoms with van der Waals surface area (Å²) in [7, 11) is -4.24. The van der Waals surface area contributed by atoms with E-state index in [1.165, 1.54) is 6.07 Å². The van der Waals surface area contributed by atoms with Gasteiger partial charge in [0.15, 0.2) is 5.82 Å². The summed E-state index contributed by atoms with van der Waals surface area (Å²) in [6, 6.07) is 12.5. The van der Waals surface area contributed by atoms with Gasteiger partial charge < -0.3 is 24.4 Å². The number of aliphatic hydroxyl groups excluding tert-OH is 1. The Morgan fingerprint density at radius 3 is 2.45 bits per heavy atom. The number of hydrogen-bond donors (Lipinski definition) is 2. The van der Waals surface area contributed by atoms with Crippen LogP contribution in [0.1, 0.15) is 53.4 Å². The first-order valence-corrected chi connectivity index (χ1v) is 15.7. The minimum absolute atomic E-state index is 0.0174. The maximum absolute atomic E-state index is 14.0. The SMILES string of the molecule is C=C(OCC)c1c(C)nc(C)nc1NCc1ccc(-c2ccccc2S(=O)(=O)N(CO)c2noc(C)c2C)c(COCC)c1. The van der Waals surface area contributed by atoms with Crippen molar-refractivity contribution in [1.82, 2.24) is 15.1 Å². The quantitative estimate of drug-likeness (QED) is 0.134. The molecule has 234 valence electrons. The summed E-state index contributed by atoms with van der Waals surface area (Å²) in [4.78, 5) is 9.08. The van der Waals surface area contributed by atoms with Crippen LogP contribution in [0.25, 0.3) is 16.9 Å². The molecule has 2 aromatic carbocycles. The van der Waals surface area contributed by atoms with Crippen LogP contribution >= 0.6 is 0 Å². The van der Waals surface area contributed by atoms with Gasteiger partial charge in [-0.3, -0.25) is 0 Å². The van der Waals surface area contributed by atoms with Crippen molar-refractivity contribution in [2.45, 2.75) is 59.6 Å². The molecule has 0 saturated heterocycles. The molecule has 0 fully saturated rings. The highest BCUT2D eigenvalue weighted by molar-refractivity contribution is 7.93. The Kier molecular flexibility index (Phi) is 10.4. The van der Waals surface area contributed by atoms with E-state index in [0.717, 1.165) is 21.1 Å². The van der Waals surface area contributed by atoms with E-state index < -0.39 is 16.8 Å². The molecule has 2 heterocycles. The molecule has 0 aliphatic rings. The Morgan fingerprint density at radius 1 is 1.05 bits per heavy atom. The Hall–Kier alpha value is -4.26. The highest BCUT2D eigenvalue weighted by atomic mass is 32.2. The fourth-order valence-corrected chi connectivity index (χ4v) is 6.38. The summed E-state index contributed by atoms with van der Waals surface area (Å²) in [6.07, 6.45) is 0. The summed E-state index contributed by atoms with van der Waals surface area (Å²) in [5, 5.41) is 17.5. The lowest BCUT2D eigenvalue weighted by Crippen LogP contribution is -2.33. The number of rotatable bonds is 14. The molecule has 0 radical (unpaired) electrons. The topological polar surface area (TPSA) is 140 Å². The Labute approximate surface area is 258 Å². The van der Waals surface area contributed by atoms with Crippen molar-refractivity contribution in [3.63, 3.8) is 0 Å². The van der Waals surface area contributed by atoms with Gasteiger partial charge in [0.1, 0.15) is 29.9 Å². The lowest BCUT2D eigenvalue weighted by atomic mass is 9.97. The van der Waals surface area contributed by atoms with Crippen molar-refractivity contribution in [2.75, 3.05) is 29.6 Å². The summed E-state index contributed by atoms with van der Waals surface area (Å²) >= 11 is 0. The van der Waals surface area contributed by atoms with Crippen molar-refractivity contribution in [3.8, 4) is 11.1 Å². The summed E-state index contributed by atoms with van der Waals surface area (Å²) in [5.41, 5.74) is 4.88. The molecule has 0 saturated carbocycles. The number of aryl methyl sites for hydroxylation is 3. The molecule has 12 heteroatoms. The molecule has 4 rings (SSSR count). The highest BCUT2D eigenvalue weighted by Gasteiger charge is 2.31. The normalized spacial score (nSPS) is 11.4. The molecule has 0 amide bonds. The van der Waals surface area contributed by atoms with Crippen LogP contribution in [0.15, 0.2) is 58.5 Å². The van der Waals surface area contributed by atoms with E-state index in [0.29, 0.717) is 65.2 Å². The molecule has 2 N–H and O–H groups in total. The second-order valence-corrected chi connectivity index (χ2v) is 11.9. The van der Waals surface area contributed by atoms with Gasteiger partial charge in [-0.2, -0.15) is 0 Å². The zero-order chi connectivity index (χ0) is 32.0. The zero-order valence-corrected chi connectivity index (χ0v) is 26.8. The van der Waals surface area contributed by atoms with Gasteiger partial charge in [0.2, 0.25) is 0 Å². The molecule has 44 heavy (non-hydrogen) atoms. The average Bonchev–Trinajstić information content (AvgIpc) is 3.32. The maximum atomic E-state index is 14.0. The van der Waals surface area contributed by atoms with Crippen molar-refractivity contribution >= 4 is 27.4 Å². The van der Waals surface area contributed by atoms with Gasteiger partial charge in [0.25, 0.3) is 10.0 Å². The molecule has 0 aliphatic heterocycles. The second-order valence-electron chi connectivity index (χ2n) is 10.1. The minimum Gasteiger partial charge on any atom is -0.494 e. The molecule has 0 aliphatic carbocycles. The van der Waals surface area contributed by atoms with Gasteiger partial charge in [0, 0.05) is 24.3 Å². The van der Waals surface area contributed by atoms with E-state index in [4.69, 9.17) is 14.0 Å². The lowest BCUT2D eigenvalue weighted by molar-refractivity contribution is 0.134. The first-order chi connectivity index (χ1) is 21.0. The van der Waals surface area contributed by atoms with Crippen LogP contribution in [0.3, 0.4) is 0 Å². The Morgan fingerprint density at radius 2 is 1.80 bits per heavy atom. The molecule has 0 unspecified atom stereocenters. The van der Waals surface area contributed by atoms with Gasteiger partial charge in [0.05, 0.1) is 29.4 Å². The number of anilines is 2. The molecule has 4 aromatic rings. The molecular formula is C32H39N5O6S. The molecule has 0 spiro atoms. The van der Waals surface area contributed by atoms with E-state index in [1.54, 1.807) is 32.0 Å². The van der Waals surface area contributed by atoms with Crippen molar-refractivity contribution in [3.05, 3.63) is 88.6 Å². The third kappa shape index (κ3) is 6.77. The number of benzene rings is 2. The Balaban J connectivity index is 1.73. The first kappa shape index (κ1) is 32.6. The summed E-state index contributed by atoms with van der Waals surface area (Å²) < 4.78 is 45.4. The van der Waals surface area contributed by atoms with Crippen molar-refractivity contribution in [2.24, 2.45) is 0 Å². The fourth-order valence-electron chi connectivity index (χ4n) is 4.89. The number of aromatic nitrogens is 3. The number of sulfonamides is 1. The van der Waals surface area contributed by atoms with Crippen LogP contribution in [0, 0.1) is 27.7 Å². The lowest BCUT2D eigenvalue weighted by Gasteiger charge is -2.22. The molecular weight excluding hydrogens is 582 g/mol. The van der Waals surface area contributed by atoms with E-state index in [2.05, 4.69) is 27.0 Å². The number of nitrogens with one attached hydrogen (secondary N) is 1. The maximum Gasteiger partial charge on any atom is 0.268 e. The summed E-state index contributed by atoms with van der Waals surface area (Å²) in [6.45, 7) is 15.8. The summed E-state index contributed by atoms with van der Waals surface area (Å²) in [5.74, 6) is 2.23. The van der Waals surface area contributed by atoms with Crippen molar-refractivity contribution in [1.29, 1.82) is 0 Å². The average molecular weight is 622 g/mol. The number of ether oxygens (including phenoxy) is 2. The largest absolute Gasteiger partial charge is 0.494 e. The van der Waals surface area contributed by atoms with Gasteiger partial charge in [-0.05, 0) is 64.3 Å². The van der Waals surface area contributed by atoms with Crippen LogP contribution < -0.4 is 9.62 Å². The van der Waals surface area contributed by atoms with Crippen LogP contribution in [-0.2, 0) is 32.6 Å². The predicted octanol–water partition coefficient (Wildman–Crippen LogP) is 5.67. The number of hydrogen-bond acceptors (Lipinski definition) is 10. The minimum atomic E-state index is -4.24. The molecule has 2 aromatic heterocycles. The zero-order valence-electron chi connectivity index (χ0n) is 26.0. The van der Waals surface area contributed by atoms with E-state index in [1.807, 2.05) is 45.9 Å². The van der Waals surface area contributed by atoms with E-state index >= 15 is 0 Å². The standard InChI is InChI=1S/C32H39N5O6S/c1-8-41-18-26-16-25(17-33-31-30(23(6)42-9-2)21(4)34-24(7)35-31)14-15-27(26)28-12-10-11-13-29(28)44(39,40)37(19-38)32-20(3)22(5)43-36-32/h10-16,38H,6,8-9,17-19H2,1-5,7H3,(H,33,34,35). The van der Waals surface area contributed by atoms with Gasteiger partial charge in [-0.25, -0.2) is 22.7 Å². The second kappa shape index (κ2) is 14.0. The highest BCUT2D eigenvalue weighted by Crippen LogP contribution is 2.35. The predicted molar refractivity (Wildman–Crippen MR) is 169 cm³/mol. The molecule has 0 atom stereocenters. The molecule has 0 bridgehead atoms. The van der Waals surface area contributed by atoms with Crippen LogP contribution in [0.4, 0.5) is 11.6 Å². The first-order valence-electron chi connectivity index (χ1n) is 14.3. The number of nitrogens with zero attached hydrogens (tertiary/aromatic N) is 4. The van der Waals surface area contributed by atoms with Crippen molar-refractivity contribution < 1.29 is 27.5 Å². The third-order valence-corrected chi connectivity index (χ3v) is 8.91. The number of aliphatic hydroxyl groups is 1. The van der Waals surface area contributed by atoms with Crippen LogP contribution in [0.5, 0.6) is 0 Å². The van der Waals surface area contributed by atoms with E-state index in [9.17, 15) is 13.5 Å². The monoisotopic (exact) mass is 621 g/mol. The van der Waals surface area contributed by atoms with Gasteiger partial charge in [-0.1, -0.05) is 48.1 Å². The third-order valence-electron chi connectivity index (χ3n) is 7.13. The molecule has 11 nitrogen and oxygen atoms in total. The van der Waals surface area contributed by atoms with Crippen LogP contribution in [-0.4, -0.2) is 48.6 Å². The fraction of sp³-hybridized carbons (Fsp3) is 0.344. The van der Waals surface area contributed by atoms with E-state index in [-0.39, 0.29) is 17.3 Å².